The van der Waals surface area contributed by atoms with Gasteiger partial charge >= 0.3 is 5.97 Å². The van der Waals surface area contributed by atoms with E-state index < -0.39 is 23.6 Å². The Morgan fingerprint density at radius 1 is 1.25 bits per heavy atom. The quantitative estimate of drug-likeness (QED) is 0.883. The summed E-state index contributed by atoms with van der Waals surface area (Å²) in [4.78, 5) is 10.9. The molecule has 24 heavy (non-hydrogen) atoms. The maximum atomic E-state index is 14.1. The highest BCUT2D eigenvalue weighted by molar-refractivity contribution is 5.81. The molecule has 0 amide bonds. The Hall–Kier alpha value is -3.04. The molecular formula is C18H14F2N2O2. The standard InChI is InChI=1S/C18H14F2N2O2/c19-13-5-6-15(16(20)9-13)14(7-8-17(22)18(23)24)12-3-1-11(10-21)2-4-12/h1-7,9,17H,8,22H2,(H,23,24)/b14-7+. The van der Waals surface area contributed by atoms with Crippen LogP contribution in [-0.4, -0.2) is 17.1 Å². The third-order valence-electron chi connectivity index (χ3n) is 3.44. The largest absolute Gasteiger partial charge is 0.480 e. The molecule has 6 heteroatoms. The molecule has 0 radical (unpaired) electrons. The number of hydrogen-bond acceptors (Lipinski definition) is 3. The monoisotopic (exact) mass is 328 g/mol. The molecule has 0 aromatic heterocycles. The van der Waals surface area contributed by atoms with Gasteiger partial charge in [0.1, 0.15) is 17.7 Å². The van der Waals surface area contributed by atoms with E-state index in [1.165, 1.54) is 12.1 Å². The predicted octanol–water partition coefficient (Wildman–Crippen LogP) is 3.07. The summed E-state index contributed by atoms with van der Waals surface area (Å²) in [6.45, 7) is 0. The van der Waals surface area contributed by atoms with Gasteiger partial charge in [-0.25, -0.2) is 8.78 Å². The average molecular weight is 328 g/mol. The predicted molar refractivity (Wildman–Crippen MR) is 84.8 cm³/mol. The zero-order chi connectivity index (χ0) is 17.7. The van der Waals surface area contributed by atoms with Crippen molar-refractivity contribution >= 4 is 11.5 Å². The smallest absolute Gasteiger partial charge is 0.320 e. The van der Waals surface area contributed by atoms with Gasteiger partial charge in [0.05, 0.1) is 11.6 Å². The zero-order valence-electron chi connectivity index (χ0n) is 12.5. The lowest BCUT2D eigenvalue weighted by molar-refractivity contribution is -0.138. The molecule has 0 saturated carbocycles. The molecule has 122 valence electrons. The molecule has 1 atom stereocenters. The first-order chi connectivity index (χ1) is 11.4. The topological polar surface area (TPSA) is 87.1 Å². The van der Waals surface area contributed by atoms with Gasteiger partial charge in [0.15, 0.2) is 0 Å². The first-order valence-corrected chi connectivity index (χ1v) is 7.07. The summed E-state index contributed by atoms with van der Waals surface area (Å²) in [6.07, 6.45) is 1.47. The summed E-state index contributed by atoms with van der Waals surface area (Å²) >= 11 is 0. The van der Waals surface area contributed by atoms with Gasteiger partial charge in [0, 0.05) is 11.6 Å². The minimum atomic E-state index is -1.18. The number of rotatable bonds is 5. The van der Waals surface area contributed by atoms with Gasteiger partial charge in [-0.2, -0.15) is 5.26 Å². The van der Waals surface area contributed by atoms with Crippen LogP contribution in [0, 0.1) is 23.0 Å². The van der Waals surface area contributed by atoms with Crippen LogP contribution >= 0.6 is 0 Å². The van der Waals surface area contributed by atoms with Crippen LogP contribution < -0.4 is 5.73 Å². The number of nitriles is 1. The Bertz CT molecular complexity index is 824. The number of carboxylic acid groups (broad SMARTS) is 1. The van der Waals surface area contributed by atoms with E-state index in [1.54, 1.807) is 24.3 Å². The van der Waals surface area contributed by atoms with Crippen LogP contribution in [0.3, 0.4) is 0 Å². The van der Waals surface area contributed by atoms with Crippen molar-refractivity contribution in [2.24, 2.45) is 5.73 Å². The van der Waals surface area contributed by atoms with Crippen molar-refractivity contribution in [1.82, 2.24) is 0 Å². The highest BCUT2D eigenvalue weighted by atomic mass is 19.1. The van der Waals surface area contributed by atoms with Gasteiger partial charge in [0.2, 0.25) is 0 Å². The summed E-state index contributed by atoms with van der Waals surface area (Å²) in [5.74, 6) is -2.66. The minimum absolute atomic E-state index is 0.0263. The molecule has 2 rings (SSSR count). The van der Waals surface area contributed by atoms with Crippen LogP contribution in [0.25, 0.3) is 5.57 Å². The molecular weight excluding hydrogens is 314 g/mol. The highest BCUT2D eigenvalue weighted by Gasteiger charge is 2.14. The summed E-state index contributed by atoms with van der Waals surface area (Å²) in [7, 11) is 0. The number of hydrogen-bond donors (Lipinski definition) is 2. The van der Waals surface area contributed by atoms with Crippen molar-refractivity contribution in [2.75, 3.05) is 0 Å². The molecule has 0 fully saturated rings. The van der Waals surface area contributed by atoms with Gasteiger partial charge in [-0.15, -0.1) is 0 Å². The third kappa shape index (κ3) is 4.03. The van der Waals surface area contributed by atoms with E-state index in [-0.39, 0.29) is 12.0 Å². The van der Waals surface area contributed by atoms with Crippen LogP contribution in [0.4, 0.5) is 8.78 Å². The first kappa shape index (κ1) is 17.3. The molecule has 0 aliphatic rings. The molecule has 0 aliphatic carbocycles. The van der Waals surface area contributed by atoms with E-state index in [4.69, 9.17) is 16.1 Å². The fraction of sp³-hybridized carbons (Fsp3) is 0.111. The van der Waals surface area contributed by atoms with Gasteiger partial charge in [-0.05, 0) is 41.8 Å². The number of halogens is 2. The third-order valence-corrected chi connectivity index (χ3v) is 3.44. The van der Waals surface area contributed by atoms with E-state index in [9.17, 15) is 13.6 Å². The summed E-state index contributed by atoms with van der Waals surface area (Å²) in [5.41, 5.74) is 6.99. The number of aliphatic carboxylic acids is 1. The van der Waals surface area contributed by atoms with Crippen molar-refractivity contribution in [2.45, 2.75) is 12.5 Å². The molecule has 1 unspecified atom stereocenters. The fourth-order valence-electron chi connectivity index (χ4n) is 2.16. The fourth-order valence-corrected chi connectivity index (χ4v) is 2.16. The van der Waals surface area contributed by atoms with Gasteiger partial charge < -0.3 is 10.8 Å². The molecule has 2 aromatic carbocycles. The van der Waals surface area contributed by atoms with E-state index >= 15 is 0 Å². The van der Waals surface area contributed by atoms with Crippen molar-refractivity contribution in [3.8, 4) is 6.07 Å². The molecule has 2 aromatic rings. The zero-order valence-corrected chi connectivity index (χ0v) is 12.5. The SMILES string of the molecule is N#Cc1ccc(/C(=C\CC(N)C(=O)O)c2ccc(F)cc2F)cc1. The van der Waals surface area contributed by atoms with Gasteiger partial charge in [-0.1, -0.05) is 18.2 Å². The number of carbonyl (C=O) groups is 1. The molecule has 0 bridgehead atoms. The van der Waals surface area contributed by atoms with Gasteiger partial charge in [0.25, 0.3) is 0 Å². The van der Waals surface area contributed by atoms with Crippen molar-refractivity contribution in [1.29, 1.82) is 5.26 Å². The lowest BCUT2D eigenvalue weighted by atomic mass is 9.95. The second-order valence-corrected chi connectivity index (χ2v) is 5.11. The number of nitrogens with two attached hydrogens (primary N) is 1. The van der Waals surface area contributed by atoms with Crippen molar-refractivity contribution in [3.05, 3.63) is 76.9 Å². The number of benzene rings is 2. The van der Waals surface area contributed by atoms with E-state index in [1.807, 2.05) is 6.07 Å². The maximum Gasteiger partial charge on any atom is 0.320 e. The Morgan fingerprint density at radius 2 is 1.92 bits per heavy atom. The maximum absolute atomic E-state index is 14.1. The van der Waals surface area contributed by atoms with Crippen LogP contribution in [0.2, 0.25) is 0 Å². The van der Waals surface area contributed by atoms with Crippen LogP contribution in [0.1, 0.15) is 23.1 Å². The van der Waals surface area contributed by atoms with Crippen LogP contribution in [0.15, 0.2) is 48.5 Å². The second kappa shape index (κ2) is 7.49. The van der Waals surface area contributed by atoms with Crippen LogP contribution in [0.5, 0.6) is 0 Å². The van der Waals surface area contributed by atoms with Gasteiger partial charge in [-0.3, -0.25) is 4.79 Å². The molecule has 0 saturated heterocycles. The normalized spacial score (nSPS) is 12.5. The van der Waals surface area contributed by atoms with E-state index in [2.05, 4.69) is 0 Å². The number of nitrogens with zero attached hydrogens (tertiary/aromatic N) is 1. The molecule has 3 N–H and O–H groups in total. The molecule has 4 nitrogen and oxygen atoms in total. The molecule has 0 aliphatic heterocycles. The lowest BCUT2D eigenvalue weighted by Crippen LogP contribution is -2.29. The van der Waals surface area contributed by atoms with E-state index in [0.717, 1.165) is 12.1 Å². The molecule has 0 heterocycles. The Balaban J connectivity index is 2.49. The first-order valence-electron chi connectivity index (χ1n) is 7.07. The second-order valence-electron chi connectivity index (χ2n) is 5.11. The summed E-state index contributed by atoms with van der Waals surface area (Å²) in [5, 5.41) is 17.7. The lowest BCUT2D eigenvalue weighted by Gasteiger charge is -2.11. The Kier molecular flexibility index (Phi) is 5.40. The van der Waals surface area contributed by atoms with E-state index in [0.29, 0.717) is 16.7 Å². The average Bonchev–Trinajstić information content (AvgIpc) is 2.56. The summed E-state index contributed by atoms with van der Waals surface area (Å²) in [6, 6.07) is 10.3. The summed E-state index contributed by atoms with van der Waals surface area (Å²) < 4.78 is 27.3. The minimum Gasteiger partial charge on any atom is -0.480 e. The molecule has 0 spiro atoms. The van der Waals surface area contributed by atoms with Crippen molar-refractivity contribution in [3.63, 3.8) is 0 Å². The highest BCUT2D eigenvalue weighted by Crippen LogP contribution is 2.27. The Morgan fingerprint density at radius 3 is 2.46 bits per heavy atom. The van der Waals surface area contributed by atoms with Crippen molar-refractivity contribution < 1.29 is 18.7 Å². The Labute approximate surface area is 137 Å². The number of carboxylic acids is 1. The van der Waals surface area contributed by atoms with Crippen LogP contribution in [-0.2, 0) is 4.79 Å².